The Morgan fingerprint density at radius 2 is 1.79 bits per heavy atom. The van der Waals surface area contributed by atoms with Gasteiger partial charge in [0.1, 0.15) is 11.8 Å². The summed E-state index contributed by atoms with van der Waals surface area (Å²) in [5.41, 5.74) is 15.4. The molecule has 1 atom stereocenters. The van der Waals surface area contributed by atoms with Crippen LogP contribution in [0.1, 0.15) is 34.3 Å². The Kier molecular flexibility index (Phi) is 9.08. The van der Waals surface area contributed by atoms with E-state index in [1.165, 1.54) is 30.3 Å². The van der Waals surface area contributed by atoms with Crippen LogP contribution in [0.25, 0.3) is 0 Å². The molecule has 2 aromatic rings. The Morgan fingerprint density at radius 3 is 2.45 bits per heavy atom. The predicted molar refractivity (Wildman–Crippen MR) is 117 cm³/mol. The van der Waals surface area contributed by atoms with Gasteiger partial charge in [-0.15, -0.1) is 0 Å². The van der Waals surface area contributed by atoms with Gasteiger partial charge in [-0.2, -0.15) is 13.2 Å². The van der Waals surface area contributed by atoms with Crippen molar-refractivity contribution in [1.29, 1.82) is 0 Å². The van der Waals surface area contributed by atoms with Gasteiger partial charge in [-0.05, 0) is 42.7 Å². The number of amides is 2. The van der Waals surface area contributed by atoms with Crippen molar-refractivity contribution in [3.05, 3.63) is 65.2 Å². The van der Waals surface area contributed by atoms with Crippen molar-refractivity contribution in [2.45, 2.75) is 31.5 Å². The third-order valence-electron chi connectivity index (χ3n) is 4.65. The van der Waals surface area contributed by atoms with Gasteiger partial charge >= 0.3 is 6.18 Å². The second-order valence-electron chi connectivity index (χ2n) is 7.16. The maximum absolute atomic E-state index is 13.1. The average molecular weight is 465 g/mol. The molecule has 0 aliphatic carbocycles. The van der Waals surface area contributed by atoms with Crippen LogP contribution in [0.3, 0.4) is 0 Å². The van der Waals surface area contributed by atoms with E-state index in [0.717, 1.165) is 6.07 Å². The van der Waals surface area contributed by atoms with Crippen molar-refractivity contribution in [3.8, 4) is 5.75 Å². The molecule has 2 rings (SSSR count). The fourth-order valence-electron chi connectivity index (χ4n) is 3.05. The first kappa shape index (κ1) is 25.5. The van der Waals surface area contributed by atoms with E-state index < -0.39 is 29.6 Å². The number of primary amides is 1. The number of carbonyl (C=O) groups excluding carboxylic acids is 2. The van der Waals surface area contributed by atoms with Crippen molar-refractivity contribution < 1.29 is 27.5 Å². The molecule has 8 nitrogen and oxygen atoms in total. The highest BCUT2D eigenvalue weighted by atomic mass is 19.4. The first-order valence-corrected chi connectivity index (χ1v) is 10.1. The van der Waals surface area contributed by atoms with Crippen LogP contribution in [0.2, 0.25) is 0 Å². The van der Waals surface area contributed by atoms with Crippen LogP contribution in [0, 0.1) is 0 Å². The van der Waals surface area contributed by atoms with E-state index in [1.807, 2.05) is 0 Å². The predicted octanol–water partition coefficient (Wildman–Crippen LogP) is 1.96. The lowest BCUT2D eigenvalue weighted by molar-refractivity contribution is -0.138. The van der Waals surface area contributed by atoms with Gasteiger partial charge in [0.25, 0.3) is 5.91 Å². The SMILES string of the molecule is NC(=O)[C@H](CCCN=C(N)N)NC(=O)c1cccc(OCCc2ccccc2C(F)(F)F)c1. The highest BCUT2D eigenvalue weighted by molar-refractivity contribution is 5.97. The normalized spacial score (nSPS) is 12.0. The topological polar surface area (TPSA) is 146 Å². The highest BCUT2D eigenvalue weighted by Crippen LogP contribution is 2.32. The quantitative estimate of drug-likeness (QED) is 0.228. The number of aliphatic imine (C=N–C) groups is 1. The summed E-state index contributed by atoms with van der Waals surface area (Å²) in [6.07, 6.45) is -3.75. The fourth-order valence-corrected chi connectivity index (χ4v) is 3.05. The van der Waals surface area contributed by atoms with Gasteiger partial charge in [-0.25, -0.2) is 0 Å². The number of carbonyl (C=O) groups is 2. The minimum absolute atomic E-state index is 0.0210. The van der Waals surface area contributed by atoms with E-state index in [9.17, 15) is 22.8 Å². The van der Waals surface area contributed by atoms with E-state index in [1.54, 1.807) is 12.1 Å². The Morgan fingerprint density at radius 1 is 1.06 bits per heavy atom. The number of guanidine groups is 1. The molecule has 2 aromatic carbocycles. The molecule has 0 heterocycles. The van der Waals surface area contributed by atoms with Gasteiger partial charge in [0.15, 0.2) is 5.96 Å². The van der Waals surface area contributed by atoms with Crippen LogP contribution in [-0.4, -0.2) is 37.0 Å². The molecule has 0 aliphatic rings. The van der Waals surface area contributed by atoms with E-state index in [2.05, 4.69) is 10.3 Å². The van der Waals surface area contributed by atoms with Gasteiger partial charge in [0.2, 0.25) is 5.91 Å². The molecule has 33 heavy (non-hydrogen) atoms. The van der Waals surface area contributed by atoms with Crippen molar-refractivity contribution in [3.63, 3.8) is 0 Å². The van der Waals surface area contributed by atoms with Gasteiger partial charge in [0.05, 0.1) is 12.2 Å². The Balaban J connectivity index is 1.96. The number of nitrogens with one attached hydrogen (secondary N) is 1. The fraction of sp³-hybridized carbons (Fsp3) is 0.318. The number of ether oxygens (including phenoxy) is 1. The number of hydrogen-bond acceptors (Lipinski definition) is 4. The summed E-state index contributed by atoms with van der Waals surface area (Å²) in [6.45, 7) is 0.260. The van der Waals surface area contributed by atoms with Crippen LogP contribution < -0.4 is 27.3 Å². The zero-order chi connectivity index (χ0) is 24.4. The number of halogens is 3. The lowest BCUT2D eigenvalue weighted by Crippen LogP contribution is -2.44. The van der Waals surface area contributed by atoms with Gasteiger partial charge in [0, 0.05) is 18.5 Å². The van der Waals surface area contributed by atoms with Gasteiger partial charge in [-0.3, -0.25) is 14.6 Å². The summed E-state index contributed by atoms with van der Waals surface area (Å²) in [4.78, 5) is 28.0. The van der Waals surface area contributed by atoms with Crippen molar-refractivity contribution in [2.75, 3.05) is 13.2 Å². The molecule has 0 saturated carbocycles. The molecule has 0 unspecified atom stereocenters. The molecule has 0 aliphatic heterocycles. The summed E-state index contributed by atoms with van der Waals surface area (Å²) in [5, 5.41) is 2.55. The molecular weight excluding hydrogens is 439 g/mol. The number of rotatable bonds is 11. The lowest BCUT2D eigenvalue weighted by Gasteiger charge is -2.16. The third kappa shape index (κ3) is 8.36. The number of alkyl halides is 3. The van der Waals surface area contributed by atoms with Crippen molar-refractivity contribution in [1.82, 2.24) is 5.32 Å². The van der Waals surface area contributed by atoms with Crippen molar-refractivity contribution >= 4 is 17.8 Å². The maximum Gasteiger partial charge on any atom is 0.416 e. The third-order valence-corrected chi connectivity index (χ3v) is 4.65. The molecule has 0 bridgehead atoms. The smallest absolute Gasteiger partial charge is 0.416 e. The number of nitrogens with zero attached hydrogens (tertiary/aromatic N) is 1. The highest BCUT2D eigenvalue weighted by Gasteiger charge is 2.32. The summed E-state index contributed by atoms with van der Waals surface area (Å²) in [5.74, 6) is -1.03. The number of benzene rings is 2. The zero-order valence-electron chi connectivity index (χ0n) is 17.8. The van der Waals surface area contributed by atoms with Gasteiger partial charge in [-0.1, -0.05) is 24.3 Å². The van der Waals surface area contributed by atoms with Crippen LogP contribution in [0.15, 0.2) is 53.5 Å². The maximum atomic E-state index is 13.1. The molecule has 0 saturated heterocycles. The van der Waals surface area contributed by atoms with Crippen LogP contribution >= 0.6 is 0 Å². The lowest BCUT2D eigenvalue weighted by atomic mass is 10.0. The largest absolute Gasteiger partial charge is 0.493 e. The first-order chi connectivity index (χ1) is 15.6. The van der Waals surface area contributed by atoms with Crippen molar-refractivity contribution in [2.24, 2.45) is 22.2 Å². The zero-order valence-corrected chi connectivity index (χ0v) is 17.8. The van der Waals surface area contributed by atoms with E-state index in [-0.39, 0.29) is 43.1 Å². The molecular formula is C22H26F3N5O3. The molecule has 0 radical (unpaired) electrons. The Labute approximate surface area is 189 Å². The summed E-state index contributed by atoms with van der Waals surface area (Å²) < 4.78 is 44.8. The Hall–Kier alpha value is -3.76. The molecule has 2 amide bonds. The minimum Gasteiger partial charge on any atom is -0.493 e. The molecule has 0 spiro atoms. The average Bonchev–Trinajstić information content (AvgIpc) is 2.75. The second-order valence-corrected chi connectivity index (χ2v) is 7.16. The molecule has 178 valence electrons. The molecule has 7 N–H and O–H groups in total. The van der Waals surface area contributed by atoms with Gasteiger partial charge < -0.3 is 27.3 Å². The molecule has 0 fully saturated rings. The summed E-state index contributed by atoms with van der Waals surface area (Å²) in [7, 11) is 0. The minimum atomic E-state index is -4.45. The second kappa shape index (κ2) is 11.7. The number of nitrogens with two attached hydrogens (primary N) is 3. The van der Waals surface area contributed by atoms with Crippen LogP contribution in [0.5, 0.6) is 5.75 Å². The number of hydrogen-bond donors (Lipinski definition) is 4. The standard InChI is InChI=1S/C22H26F3N5O3/c23-22(24,25)17-8-2-1-5-14(17)10-12-33-16-7-3-6-15(13-16)20(32)30-18(19(26)31)9-4-11-29-21(27)28/h1-3,5-8,13,18H,4,9-12H2,(H2,26,31)(H,30,32)(H4,27,28,29)/t18-/m0/s1. The van der Waals surface area contributed by atoms with E-state index >= 15 is 0 Å². The molecule has 11 heteroatoms. The van der Waals surface area contributed by atoms with Crippen LogP contribution in [-0.2, 0) is 17.4 Å². The monoisotopic (exact) mass is 465 g/mol. The summed E-state index contributed by atoms with van der Waals surface area (Å²) in [6, 6.07) is 10.4. The summed E-state index contributed by atoms with van der Waals surface area (Å²) >= 11 is 0. The van der Waals surface area contributed by atoms with E-state index in [0.29, 0.717) is 12.2 Å². The first-order valence-electron chi connectivity index (χ1n) is 10.1. The Bertz CT molecular complexity index is 991. The van der Waals surface area contributed by atoms with E-state index in [4.69, 9.17) is 21.9 Å². The van der Waals surface area contributed by atoms with Crippen LogP contribution in [0.4, 0.5) is 13.2 Å². The molecule has 0 aromatic heterocycles.